The minimum Gasteiger partial charge on any atom is -0.364 e. The number of nitrogens with one attached hydrogen (secondary N) is 3. The maximum Gasteiger partial charge on any atom is 0.251 e. The molecule has 3 aromatic heterocycles. The van der Waals surface area contributed by atoms with E-state index in [1.54, 1.807) is 22.7 Å². The molecule has 0 radical (unpaired) electrons. The molecule has 5 rings (SSSR count). The fraction of sp³-hybridized carbons (Fsp3) is 0.435. The van der Waals surface area contributed by atoms with E-state index < -0.39 is 11.6 Å². The van der Waals surface area contributed by atoms with E-state index in [1.165, 1.54) is 6.20 Å². The molecule has 1 amide bonds. The molecule has 9 heteroatoms. The van der Waals surface area contributed by atoms with E-state index in [0.717, 1.165) is 44.7 Å². The Labute approximate surface area is 184 Å². The third-order valence-corrected chi connectivity index (χ3v) is 6.49. The van der Waals surface area contributed by atoms with Crippen LogP contribution in [0.3, 0.4) is 0 Å². The first-order valence-electron chi connectivity index (χ1n) is 11.1. The van der Waals surface area contributed by atoms with E-state index in [4.69, 9.17) is 0 Å². The van der Waals surface area contributed by atoms with E-state index in [-0.39, 0.29) is 29.0 Å². The minimum absolute atomic E-state index is 0.00489. The number of hydrogen-bond donors (Lipinski definition) is 3. The summed E-state index contributed by atoms with van der Waals surface area (Å²) in [4.78, 5) is 21.2. The molecule has 3 N–H and O–H groups in total. The number of amides is 1. The van der Waals surface area contributed by atoms with Crippen molar-refractivity contribution in [2.24, 2.45) is 0 Å². The lowest BCUT2D eigenvalue weighted by atomic mass is 10.1. The van der Waals surface area contributed by atoms with Crippen molar-refractivity contribution in [3.8, 4) is 11.4 Å². The number of carbonyl (C=O) groups excluding carboxylic acids is 1. The average Bonchev–Trinajstić information content (AvgIpc) is 3.45. The van der Waals surface area contributed by atoms with Crippen molar-refractivity contribution in [1.82, 2.24) is 25.0 Å². The third kappa shape index (κ3) is 3.92. The largest absolute Gasteiger partial charge is 0.364 e. The monoisotopic (exact) mass is 440 g/mol. The smallest absolute Gasteiger partial charge is 0.251 e. The Hall–Kier alpha value is -3.07. The molecule has 32 heavy (non-hydrogen) atoms. The van der Waals surface area contributed by atoms with E-state index in [0.29, 0.717) is 23.4 Å². The Morgan fingerprint density at radius 2 is 2.16 bits per heavy atom. The van der Waals surface area contributed by atoms with E-state index in [1.807, 2.05) is 0 Å². The van der Waals surface area contributed by atoms with Gasteiger partial charge < -0.3 is 16.0 Å². The number of piperidine rings is 1. The van der Waals surface area contributed by atoms with Crippen LogP contribution in [0.4, 0.5) is 14.6 Å². The fourth-order valence-corrected chi connectivity index (χ4v) is 4.24. The van der Waals surface area contributed by atoms with Crippen LogP contribution in [-0.4, -0.2) is 44.9 Å². The Kier molecular flexibility index (Phi) is 5.28. The molecule has 0 spiro atoms. The highest BCUT2D eigenvalue weighted by Crippen LogP contribution is 2.38. The van der Waals surface area contributed by atoms with Crippen LogP contribution in [0.25, 0.3) is 17.0 Å². The van der Waals surface area contributed by atoms with Crippen molar-refractivity contribution in [3.05, 3.63) is 47.8 Å². The van der Waals surface area contributed by atoms with Crippen molar-refractivity contribution in [2.45, 2.75) is 50.6 Å². The van der Waals surface area contributed by atoms with Gasteiger partial charge in [0.2, 0.25) is 0 Å². The maximum atomic E-state index is 14.7. The van der Waals surface area contributed by atoms with Crippen LogP contribution in [0, 0.1) is 11.6 Å². The normalized spacial score (nSPS) is 19.7. The van der Waals surface area contributed by atoms with Crippen molar-refractivity contribution in [2.75, 3.05) is 18.4 Å². The number of hydrogen-bond acceptors (Lipinski definition) is 5. The van der Waals surface area contributed by atoms with Crippen molar-refractivity contribution < 1.29 is 13.6 Å². The Balaban J connectivity index is 1.44. The Morgan fingerprint density at radius 1 is 1.31 bits per heavy atom. The summed E-state index contributed by atoms with van der Waals surface area (Å²) >= 11 is 0. The third-order valence-electron chi connectivity index (χ3n) is 6.49. The molecule has 0 unspecified atom stereocenters. The van der Waals surface area contributed by atoms with Crippen LogP contribution in [-0.2, 0) is 0 Å². The number of fused-ring (bicyclic) bond motifs is 1. The highest BCUT2D eigenvalue weighted by atomic mass is 19.1. The summed E-state index contributed by atoms with van der Waals surface area (Å²) in [6.07, 6.45) is 7.91. The summed E-state index contributed by atoms with van der Waals surface area (Å²) in [5, 5.41) is 9.44. The molecular weight excluding hydrogens is 414 g/mol. The minimum atomic E-state index is -0.767. The van der Waals surface area contributed by atoms with Crippen molar-refractivity contribution in [1.29, 1.82) is 0 Å². The van der Waals surface area contributed by atoms with Gasteiger partial charge in [-0.25, -0.2) is 18.7 Å². The van der Waals surface area contributed by atoms with Crippen LogP contribution >= 0.6 is 0 Å². The Bertz CT molecular complexity index is 1170. The number of carbonyl (C=O) groups is 1. The summed E-state index contributed by atoms with van der Waals surface area (Å²) in [6, 6.07) is 4.22. The standard InChI is InChI=1S/C23H26F2N6O/c1-2-23(6-7-23)30-22(32)14-5-9-31-18(13-27-19(31)10-14)20-16(24)11-17(25)21(29-20)28-15-4-3-8-26-12-15/h5,9-11,13,15,26H,2-4,6-8,12H2,1H3,(H,28,29)(H,30,32)/t15-/m1/s1. The predicted molar refractivity (Wildman–Crippen MR) is 118 cm³/mol. The van der Waals surface area contributed by atoms with Gasteiger partial charge in [0, 0.05) is 36.0 Å². The van der Waals surface area contributed by atoms with Crippen LogP contribution in [0.2, 0.25) is 0 Å². The van der Waals surface area contributed by atoms with E-state index >= 15 is 0 Å². The molecule has 1 aliphatic carbocycles. The SMILES string of the molecule is CCC1(NC(=O)c2ccn3c(-c4nc(N[C@@H]5CCCNC5)c(F)cc4F)cnc3c2)CC1. The van der Waals surface area contributed by atoms with Crippen LogP contribution in [0.15, 0.2) is 30.6 Å². The maximum absolute atomic E-state index is 14.7. The number of anilines is 1. The van der Waals surface area contributed by atoms with Gasteiger partial charge >= 0.3 is 0 Å². The van der Waals surface area contributed by atoms with E-state index in [9.17, 15) is 13.6 Å². The van der Waals surface area contributed by atoms with Crippen LogP contribution in [0.5, 0.6) is 0 Å². The van der Waals surface area contributed by atoms with Gasteiger partial charge in [0.05, 0.1) is 11.9 Å². The molecule has 168 valence electrons. The quantitative estimate of drug-likeness (QED) is 0.546. The van der Waals surface area contributed by atoms with Crippen LogP contribution in [0.1, 0.15) is 49.4 Å². The summed E-state index contributed by atoms with van der Waals surface area (Å²) in [5.74, 6) is -1.61. The van der Waals surface area contributed by atoms with E-state index in [2.05, 4.69) is 32.8 Å². The highest BCUT2D eigenvalue weighted by molar-refractivity contribution is 5.95. The molecule has 3 aromatic rings. The summed E-state index contributed by atoms with van der Waals surface area (Å²) in [5.41, 5.74) is 1.30. The summed E-state index contributed by atoms with van der Waals surface area (Å²) in [7, 11) is 0. The number of rotatable bonds is 6. The van der Waals surface area contributed by atoms with Gasteiger partial charge in [-0.15, -0.1) is 0 Å². The first kappa shape index (κ1) is 20.8. The number of halogens is 2. The Morgan fingerprint density at radius 3 is 2.88 bits per heavy atom. The first-order valence-corrected chi connectivity index (χ1v) is 11.1. The lowest BCUT2D eigenvalue weighted by Crippen LogP contribution is -2.38. The van der Waals surface area contributed by atoms with Crippen molar-refractivity contribution >= 4 is 17.4 Å². The van der Waals surface area contributed by atoms with Gasteiger partial charge in [0.15, 0.2) is 17.5 Å². The second-order valence-electron chi connectivity index (χ2n) is 8.71. The molecular formula is C23H26F2N6O. The molecule has 2 fully saturated rings. The lowest BCUT2D eigenvalue weighted by molar-refractivity contribution is 0.0930. The number of aromatic nitrogens is 3. The van der Waals surface area contributed by atoms with Gasteiger partial charge in [-0.3, -0.25) is 9.20 Å². The molecule has 7 nitrogen and oxygen atoms in total. The zero-order chi connectivity index (χ0) is 22.3. The summed E-state index contributed by atoms with van der Waals surface area (Å²) < 4.78 is 30.7. The number of nitrogens with zero attached hydrogens (tertiary/aromatic N) is 3. The topological polar surface area (TPSA) is 83.4 Å². The zero-order valence-corrected chi connectivity index (χ0v) is 17.9. The zero-order valence-electron chi connectivity index (χ0n) is 17.9. The number of imidazole rings is 1. The molecule has 0 aromatic carbocycles. The lowest BCUT2D eigenvalue weighted by Gasteiger charge is -2.24. The van der Waals surface area contributed by atoms with Crippen LogP contribution < -0.4 is 16.0 Å². The highest BCUT2D eigenvalue weighted by Gasteiger charge is 2.42. The second kappa shape index (κ2) is 8.12. The molecule has 4 heterocycles. The first-order chi connectivity index (χ1) is 15.5. The molecule has 1 aliphatic heterocycles. The second-order valence-corrected chi connectivity index (χ2v) is 8.71. The molecule has 1 atom stereocenters. The summed E-state index contributed by atoms with van der Waals surface area (Å²) in [6.45, 7) is 3.70. The van der Waals surface area contributed by atoms with Gasteiger partial charge in [0.1, 0.15) is 11.3 Å². The predicted octanol–water partition coefficient (Wildman–Crippen LogP) is 3.51. The number of pyridine rings is 2. The van der Waals surface area contributed by atoms with Gasteiger partial charge in [0.25, 0.3) is 5.91 Å². The fourth-order valence-electron chi connectivity index (χ4n) is 4.24. The molecule has 1 saturated carbocycles. The van der Waals surface area contributed by atoms with Gasteiger partial charge in [-0.2, -0.15) is 0 Å². The molecule has 2 aliphatic rings. The van der Waals surface area contributed by atoms with Gasteiger partial charge in [-0.1, -0.05) is 6.92 Å². The average molecular weight is 440 g/mol. The van der Waals surface area contributed by atoms with Crippen molar-refractivity contribution in [3.63, 3.8) is 0 Å². The molecule has 0 bridgehead atoms. The molecule has 1 saturated heterocycles. The van der Waals surface area contributed by atoms with Gasteiger partial charge in [-0.05, 0) is 50.8 Å².